The van der Waals surface area contributed by atoms with Crippen LogP contribution in [0.15, 0.2) is 60.8 Å². The van der Waals surface area contributed by atoms with E-state index >= 15 is 0 Å². The first-order valence-corrected chi connectivity index (χ1v) is 10.5. The SMILES string of the molecule is CC(NC(=O)c1cnn(C)c1Cc1ccccc1)c1ccc(N2CCCNC2=O)cc1. The number of nitrogens with one attached hydrogen (secondary N) is 2. The Morgan fingerprint density at radius 3 is 2.61 bits per heavy atom. The fraction of sp³-hybridized carbons (Fsp3) is 0.292. The minimum absolute atomic E-state index is 0.0668. The van der Waals surface area contributed by atoms with Crippen LogP contribution in [0.1, 0.15) is 46.6 Å². The van der Waals surface area contributed by atoms with Crippen molar-refractivity contribution in [3.8, 4) is 0 Å². The van der Waals surface area contributed by atoms with E-state index in [2.05, 4.69) is 15.7 Å². The number of hydrogen-bond donors (Lipinski definition) is 2. The highest BCUT2D eigenvalue weighted by molar-refractivity contribution is 5.95. The van der Waals surface area contributed by atoms with Gasteiger partial charge in [0.1, 0.15) is 0 Å². The molecule has 4 rings (SSSR count). The number of hydrogen-bond acceptors (Lipinski definition) is 3. The van der Waals surface area contributed by atoms with Crippen molar-refractivity contribution in [3.05, 3.63) is 83.2 Å². The van der Waals surface area contributed by atoms with Gasteiger partial charge in [-0.25, -0.2) is 4.79 Å². The van der Waals surface area contributed by atoms with Crippen molar-refractivity contribution in [3.63, 3.8) is 0 Å². The van der Waals surface area contributed by atoms with Gasteiger partial charge in [0.05, 0.1) is 23.5 Å². The number of benzene rings is 2. The molecule has 1 aliphatic heterocycles. The van der Waals surface area contributed by atoms with Crippen LogP contribution in [0.5, 0.6) is 0 Å². The topological polar surface area (TPSA) is 79.3 Å². The maximum Gasteiger partial charge on any atom is 0.321 e. The van der Waals surface area contributed by atoms with E-state index in [-0.39, 0.29) is 18.0 Å². The average Bonchev–Trinajstić information content (AvgIpc) is 3.15. The monoisotopic (exact) mass is 417 g/mol. The van der Waals surface area contributed by atoms with E-state index < -0.39 is 0 Å². The lowest BCUT2D eigenvalue weighted by Crippen LogP contribution is -2.46. The number of aromatic nitrogens is 2. The second-order valence-corrected chi connectivity index (χ2v) is 7.81. The molecule has 1 aliphatic rings. The van der Waals surface area contributed by atoms with Gasteiger partial charge < -0.3 is 10.6 Å². The zero-order valence-electron chi connectivity index (χ0n) is 17.8. The minimum Gasteiger partial charge on any atom is -0.345 e. The Hall–Kier alpha value is -3.61. The highest BCUT2D eigenvalue weighted by Crippen LogP contribution is 2.22. The third-order valence-electron chi connectivity index (χ3n) is 5.65. The van der Waals surface area contributed by atoms with Gasteiger partial charge >= 0.3 is 6.03 Å². The number of anilines is 1. The average molecular weight is 418 g/mol. The summed E-state index contributed by atoms with van der Waals surface area (Å²) in [5.41, 5.74) is 4.42. The molecule has 0 saturated carbocycles. The summed E-state index contributed by atoms with van der Waals surface area (Å²) in [6.07, 6.45) is 3.19. The van der Waals surface area contributed by atoms with Gasteiger partial charge in [-0.2, -0.15) is 5.10 Å². The molecule has 1 aromatic heterocycles. The number of amides is 3. The number of carbonyl (C=O) groups is 2. The molecule has 2 aromatic carbocycles. The van der Waals surface area contributed by atoms with E-state index in [1.165, 1.54) is 0 Å². The fourth-order valence-electron chi connectivity index (χ4n) is 3.83. The second-order valence-electron chi connectivity index (χ2n) is 7.81. The lowest BCUT2D eigenvalue weighted by atomic mass is 10.0. The fourth-order valence-corrected chi connectivity index (χ4v) is 3.83. The van der Waals surface area contributed by atoms with E-state index in [0.717, 1.165) is 35.5 Å². The first kappa shape index (κ1) is 20.7. The van der Waals surface area contributed by atoms with Crippen molar-refractivity contribution in [1.29, 1.82) is 0 Å². The largest absolute Gasteiger partial charge is 0.345 e. The number of rotatable bonds is 6. The van der Waals surface area contributed by atoms with Gasteiger partial charge in [-0.3, -0.25) is 14.4 Å². The Morgan fingerprint density at radius 1 is 1.16 bits per heavy atom. The molecule has 7 heteroatoms. The molecule has 0 aliphatic carbocycles. The first-order valence-electron chi connectivity index (χ1n) is 10.5. The maximum absolute atomic E-state index is 13.0. The van der Waals surface area contributed by atoms with Crippen LogP contribution in [0.2, 0.25) is 0 Å². The van der Waals surface area contributed by atoms with Crippen molar-refractivity contribution < 1.29 is 9.59 Å². The quantitative estimate of drug-likeness (QED) is 0.645. The lowest BCUT2D eigenvalue weighted by Gasteiger charge is -2.27. The van der Waals surface area contributed by atoms with E-state index in [1.807, 2.05) is 68.6 Å². The molecule has 3 amide bonds. The van der Waals surface area contributed by atoms with Crippen LogP contribution >= 0.6 is 0 Å². The smallest absolute Gasteiger partial charge is 0.321 e. The zero-order chi connectivity index (χ0) is 21.8. The highest BCUT2D eigenvalue weighted by atomic mass is 16.2. The molecule has 2 heterocycles. The molecule has 3 aromatic rings. The van der Waals surface area contributed by atoms with Gasteiger partial charge in [-0.1, -0.05) is 42.5 Å². The molecule has 0 bridgehead atoms. The van der Waals surface area contributed by atoms with Crippen molar-refractivity contribution in [2.24, 2.45) is 7.05 Å². The van der Waals surface area contributed by atoms with Gasteiger partial charge in [-0.05, 0) is 36.6 Å². The summed E-state index contributed by atoms with van der Waals surface area (Å²) in [4.78, 5) is 26.8. The normalized spacial score (nSPS) is 14.8. The van der Waals surface area contributed by atoms with Gasteiger partial charge in [-0.15, -0.1) is 0 Å². The maximum atomic E-state index is 13.0. The molecular formula is C24H27N5O2. The van der Waals surface area contributed by atoms with Crippen LogP contribution in [-0.4, -0.2) is 34.8 Å². The number of nitrogens with zero attached hydrogens (tertiary/aromatic N) is 3. The Morgan fingerprint density at radius 2 is 1.90 bits per heavy atom. The predicted octanol–water partition coefficient (Wildman–Crippen LogP) is 3.42. The Balaban J connectivity index is 1.45. The molecule has 7 nitrogen and oxygen atoms in total. The van der Waals surface area contributed by atoms with E-state index in [4.69, 9.17) is 0 Å². The standard InChI is InChI=1S/C24H27N5O2/c1-17(19-9-11-20(12-10-19)29-14-6-13-25-24(29)31)27-23(30)21-16-26-28(2)22(21)15-18-7-4-3-5-8-18/h3-5,7-12,16-17H,6,13-15H2,1-2H3,(H,25,31)(H,27,30). The van der Waals surface area contributed by atoms with Crippen molar-refractivity contribution in [1.82, 2.24) is 20.4 Å². The van der Waals surface area contributed by atoms with Crippen molar-refractivity contribution >= 4 is 17.6 Å². The van der Waals surface area contributed by atoms with Crippen LogP contribution in [-0.2, 0) is 13.5 Å². The van der Waals surface area contributed by atoms with Gasteiger partial charge in [0.15, 0.2) is 0 Å². The molecule has 0 radical (unpaired) electrons. The third kappa shape index (κ3) is 4.60. The Kier molecular flexibility index (Phi) is 6.02. The predicted molar refractivity (Wildman–Crippen MR) is 120 cm³/mol. The molecule has 1 fully saturated rings. The summed E-state index contributed by atoms with van der Waals surface area (Å²) in [6.45, 7) is 3.38. The van der Waals surface area contributed by atoms with Crippen LogP contribution in [0, 0.1) is 0 Å². The molecule has 1 saturated heterocycles. The molecule has 1 unspecified atom stereocenters. The molecule has 0 spiro atoms. The van der Waals surface area contributed by atoms with E-state index in [0.29, 0.717) is 18.5 Å². The van der Waals surface area contributed by atoms with Crippen LogP contribution in [0.4, 0.5) is 10.5 Å². The summed E-state index contributed by atoms with van der Waals surface area (Å²) < 4.78 is 1.75. The summed E-state index contributed by atoms with van der Waals surface area (Å²) >= 11 is 0. The lowest BCUT2D eigenvalue weighted by molar-refractivity contribution is 0.0939. The van der Waals surface area contributed by atoms with Gasteiger partial charge in [0, 0.05) is 32.2 Å². The number of aryl methyl sites for hydroxylation is 1. The van der Waals surface area contributed by atoms with Crippen LogP contribution < -0.4 is 15.5 Å². The summed E-state index contributed by atoms with van der Waals surface area (Å²) in [5.74, 6) is -0.147. The number of urea groups is 1. The summed E-state index contributed by atoms with van der Waals surface area (Å²) in [6, 6.07) is 17.6. The summed E-state index contributed by atoms with van der Waals surface area (Å²) in [7, 11) is 1.86. The van der Waals surface area contributed by atoms with Crippen LogP contribution in [0.3, 0.4) is 0 Å². The zero-order valence-corrected chi connectivity index (χ0v) is 17.8. The second kappa shape index (κ2) is 9.04. The van der Waals surface area contributed by atoms with Gasteiger partial charge in [0.25, 0.3) is 5.91 Å². The van der Waals surface area contributed by atoms with Gasteiger partial charge in [0.2, 0.25) is 0 Å². The molecule has 2 N–H and O–H groups in total. The van der Waals surface area contributed by atoms with E-state index in [1.54, 1.807) is 15.8 Å². The van der Waals surface area contributed by atoms with Crippen LogP contribution in [0.25, 0.3) is 0 Å². The van der Waals surface area contributed by atoms with Crippen molar-refractivity contribution in [2.45, 2.75) is 25.8 Å². The van der Waals surface area contributed by atoms with Crippen molar-refractivity contribution in [2.75, 3.05) is 18.0 Å². The Labute approximate surface area is 182 Å². The van der Waals surface area contributed by atoms with E-state index in [9.17, 15) is 9.59 Å². The first-order chi connectivity index (χ1) is 15.0. The molecule has 160 valence electrons. The Bertz CT molecular complexity index is 1060. The molecule has 1 atom stereocenters. The highest BCUT2D eigenvalue weighted by Gasteiger charge is 2.21. The molecular weight excluding hydrogens is 390 g/mol. The third-order valence-corrected chi connectivity index (χ3v) is 5.65. The molecule has 31 heavy (non-hydrogen) atoms. The number of carbonyl (C=O) groups excluding carboxylic acids is 2. The minimum atomic E-state index is -0.179. The summed E-state index contributed by atoms with van der Waals surface area (Å²) in [5, 5.41) is 10.2.